The Morgan fingerprint density at radius 1 is 1.25 bits per heavy atom. The number of amides is 1. The summed E-state index contributed by atoms with van der Waals surface area (Å²) in [5.41, 5.74) is 1.19. The molecule has 0 aromatic carbocycles. The molecule has 4 heterocycles. The lowest BCUT2D eigenvalue weighted by molar-refractivity contribution is -0.130. The number of thiophene rings is 1. The fraction of sp³-hybridized carbons (Fsp3) is 0.611. The maximum absolute atomic E-state index is 12.7. The predicted molar refractivity (Wildman–Crippen MR) is 113 cm³/mol. The number of hydrogen-bond donors (Lipinski definition) is 0. The first kappa shape index (κ1) is 20.1. The molecule has 1 unspecified atom stereocenters. The SMILES string of the molecule is Cc1sc2ncnc(SCC(=O)N3CCN(C4CCS(=O)(=O)C4)CC3)c2c1C. The van der Waals surface area contributed by atoms with Crippen molar-refractivity contribution < 1.29 is 13.2 Å². The molecule has 0 aliphatic carbocycles. The van der Waals surface area contributed by atoms with Gasteiger partial charge in [0, 0.05) is 42.5 Å². The van der Waals surface area contributed by atoms with Crippen LogP contribution in [0.25, 0.3) is 10.2 Å². The average molecular weight is 441 g/mol. The van der Waals surface area contributed by atoms with Crippen molar-refractivity contribution in [2.24, 2.45) is 0 Å². The minimum atomic E-state index is -2.87. The van der Waals surface area contributed by atoms with Crippen molar-refractivity contribution in [3.05, 3.63) is 16.8 Å². The van der Waals surface area contributed by atoms with Gasteiger partial charge in [-0.1, -0.05) is 11.8 Å². The van der Waals surface area contributed by atoms with Crippen molar-refractivity contribution in [3.63, 3.8) is 0 Å². The number of piperazine rings is 1. The molecule has 2 aromatic heterocycles. The fourth-order valence-electron chi connectivity index (χ4n) is 3.88. The molecule has 7 nitrogen and oxygen atoms in total. The van der Waals surface area contributed by atoms with E-state index >= 15 is 0 Å². The van der Waals surface area contributed by atoms with E-state index in [1.807, 2.05) is 4.90 Å². The molecule has 10 heteroatoms. The van der Waals surface area contributed by atoms with E-state index in [9.17, 15) is 13.2 Å². The van der Waals surface area contributed by atoms with E-state index in [2.05, 4.69) is 28.7 Å². The molecule has 152 valence electrons. The number of sulfone groups is 1. The Morgan fingerprint density at radius 2 is 2.00 bits per heavy atom. The number of nitrogens with zero attached hydrogens (tertiary/aromatic N) is 4. The predicted octanol–water partition coefficient (Wildman–Crippen LogP) is 1.73. The highest BCUT2D eigenvalue weighted by Crippen LogP contribution is 2.34. The van der Waals surface area contributed by atoms with Crippen LogP contribution >= 0.6 is 23.1 Å². The molecule has 2 aromatic rings. The van der Waals surface area contributed by atoms with Crippen LogP contribution in [-0.2, 0) is 14.6 Å². The number of thioether (sulfide) groups is 1. The Labute approximate surface area is 173 Å². The molecule has 1 amide bonds. The molecule has 2 aliphatic heterocycles. The maximum atomic E-state index is 12.7. The fourth-order valence-corrected chi connectivity index (χ4v) is 7.66. The smallest absolute Gasteiger partial charge is 0.233 e. The van der Waals surface area contributed by atoms with Crippen molar-refractivity contribution in [1.82, 2.24) is 19.8 Å². The van der Waals surface area contributed by atoms with Crippen LogP contribution in [0.15, 0.2) is 11.4 Å². The van der Waals surface area contributed by atoms with Crippen LogP contribution in [0.5, 0.6) is 0 Å². The minimum absolute atomic E-state index is 0.111. The first-order valence-corrected chi connectivity index (χ1v) is 13.0. The number of aromatic nitrogens is 2. The summed E-state index contributed by atoms with van der Waals surface area (Å²) in [6, 6.07) is 0.121. The van der Waals surface area contributed by atoms with Crippen LogP contribution in [0.4, 0.5) is 0 Å². The molecule has 2 saturated heterocycles. The number of fused-ring (bicyclic) bond motifs is 1. The standard InChI is InChI=1S/C18H24N4O3S3/c1-12-13(2)27-18-16(12)17(19-11-20-18)26-9-15(23)22-6-4-21(5-7-22)14-3-8-28(24,25)10-14/h11,14H,3-10H2,1-2H3. The van der Waals surface area contributed by atoms with Gasteiger partial charge in [-0.15, -0.1) is 11.3 Å². The Morgan fingerprint density at radius 3 is 2.68 bits per heavy atom. The van der Waals surface area contributed by atoms with E-state index < -0.39 is 9.84 Å². The molecule has 0 bridgehead atoms. The topological polar surface area (TPSA) is 83.5 Å². The van der Waals surface area contributed by atoms with Gasteiger partial charge in [0.25, 0.3) is 0 Å². The van der Waals surface area contributed by atoms with E-state index in [0.29, 0.717) is 24.6 Å². The maximum Gasteiger partial charge on any atom is 0.233 e. The molecule has 28 heavy (non-hydrogen) atoms. The van der Waals surface area contributed by atoms with Gasteiger partial charge in [0.15, 0.2) is 9.84 Å². The molecule has 1 atom stereocenters. The Kier molecular flexibility index (Phi) is 5.65. The van der Waals surface area contributed by atoms with Gasteiger partial charge in [0.1, 0.15) is 16.2 Å². The highest BCUT2D eigenvalue weighted by atomic mass is 32.2. The van der Waals surface area contributed by atoms with E-state index in [1.54, 1.807) is 17.7 Å². The van der Waals surface area contributed by atoms with Gasteiger partial charge in [-0.2, -0.15) is 0 Å². The third-order valence-corrected chi connectivity index (χ3v) is 9.49. The van der Waals surface area contributed by atoms with Crippen molar-refractivity contribution in [3.8, 4) is 0 Å². The summed E-state index contributed by atoms with van der Waals surface area (Å²) >= 11 is 3.14. The molecule has 2 fully saturated rings. The third kappa shape index (κ3) is 4.05. The monoisotopic (exact) mass is 440 g/mol. The van der Waals surface area contributed by atoms with Crippen molar-refractivity contribution >= 4 is 49.1 Å². The number of carbonyl (C=O) groups is 1. The van der Waals surface area contributed by atoms with Crippen molar-refractivity contribution in [2.45, 2.75) is 31.3 Å². The summed E-state index contributed by atoms with van der Waals surface area (Å²) in [7, 11) is -2.87. The molecule has 0 spiro atoms. The van der Waals surface area contributed by atoms with Crippen molar-refractivity contribution in [1.29, 1.82) is 0 Å². The molecular formula is C18H24N4O3S3. The minimum Gasteiger partial charge on any atom is -0.339 e. The van der Waals surface area contributed by atoms with Crippen LogP contribution in [-0.4, -0.2) is 83.6 Å². The number of aryl methyl sites for hydroxylation is 2. The van der Waals surface area contributed by atoms with E-state index in [1.165, 1.54) is 22.2 Å². The Hall–Kier alpha value is -1.23. The van der Waals surface area contributed by atoms with Gasteiger partial charge in [0.2, 0.25) is 5.91 Å². The zero-order chi connectivity index (χ0) is 19.9. The van der Waals surface area contributed by atoms with Gasteiger partial charge >= 0.3 is 0 Å². The number of hydrogen-bond acceptors (Lipinski definition) is 8. The third-order valence-electron chi connectivity index (χ3n) is 5.65. The number of carbonyl (C=O) groups excluding carboxylic acids is 1. The normalized spacial score (nSPS) is 22.8. The lowest BCUT2D eigenvalue weighted by atomic mass is 10.2. The van der Waals surface area contributed by atoms with E-state index in [0.717, 1.165) is 34.8 Å². The van der Waals surface area contributed by atoms with Gasteiger partial charge < -0.3 is 4.90 Å². The lowest BCUT2D eigenvalue weighted by Gasteiger charge is -2.37. The summed E-state index contributed by atoms with van der Waals surface area (Å²) in [5.74, 6) is 1.03. The molecule has 0 N–H and O–H groups in total. The van der Waals surface area contributed by atoms with E-state index in [-0.39, 0.29) is 17.7 Å². The molecule has 2 aliphatic rings. The summed E-state index contributed by atoms with van der Waals surface area (Å²) in [6.45, 7) is 6.97. The quantitative estimate of drug-likeness (QED) is 0.529. The van der Waals surface area contributed by atoms with Crippen LogP contribution in [0, 0.1) is 13.8 Å². The summed E-state index contributed by atoms with van der Waals surface area (Å²) in [6.07, 6.45) is 2.29. The van der Waals surface area contributed by atoms with Gasteiger partial charge in [-0.25, -0.2) is 18.4 Å². The zero-order valence-electron chi connectivity index (χ0n) is 16.0. The zero-order valence-corrected chi connectivity index (χ0v) is 18.5. The first-order valence-electron chi connectivity index (χ1n) is 9.40. The van der Waals surface area contributed by atoms with Crippen LogP contribution in [0.1, 0.15) is 16.9 Å². The molecular weight excluding hydrogens is 416 g/mol. The van der Waals surface area contributed by atoms with Crippen LogP contribution in [0.3, 0.4) is 0 Å². The van der Waals surface area contributed by atoms with Gasteiger partial charge in [-0.05, 0) is 25.8 Å². The van der Waals surface area contributed by atoms with Crippen LogP contribution in [0.2, 0.25) is 0 Å². The van der Waals surface area contributed by atoms with Gasteiger partial charge in [-0.3, -0.25) is 9.69 Å². The second-order valence-electron chi connectivity index (χ2n) is 7.40. The second-order valence-corrected chi connectivity index (χ2v) is 11.8. The first-order chi connectivity index (χ1) is 13.3. The largest absolute Gasteiger partial charge is 0.339 e. The molecule has 4 rings (SSSR count). The highest BCUT2D eigenvalue weighted by molar-refractivity contribution is 8.00. The molecule has 0 radical (unpaired) electrons. The summed E-state index contributed by atoms with van der Waals surface area (Å²) < 4.78 is 23.4. The Balaban J connectivity index is 1.33. The van der Waals surface area contributed by atoms with Crippen molar-refractivity contribution in [2.75, 3.05) is 43.4 Å². The highest BCUT2D eigenvalue weighted by Gasteiger charge is 2.34. The van der Waals surface area contributed by atoms with Crippen LogP contribution < -0.4 is 0 Å². The average Bonchev–Trinajstić information content (AvgIpc) is 3.19. The summed E-state index contributed by atoms with van der Waals surface area (Å²) in [4.78, 5) is 27.7. The number of rotatable bonds is 4. The summed E-state index contributed by atoms with van der Waals surface area (Å²) in [5, 5.41) is 1.94. The lowest BCUT2D eigenvalue weighted by Crippen LogP contribution is -2.52. The Bertz CT molecular complexity index is 997. The van der Waals surface area contributed by atoms with Gasteiger partial charge in [0.05, 0.1) is 17.3 Å². The second kappa shape index (κ2) is 7.89. The molecule has 0 saturated carbocycles. The van der Waals surface area contributed by atoms with E-state index in [4.69, 9.17) is 0 Å².